The lowest BCUT2D eigenvalue weighted by Crippen LogP contribution is -2.50. The van der Waals surface area contributed by atoms with Crippen molar-refractivity contribution in [1.29, 1.82) is 0 Å². The van der Waals surface area contributed by atoms with Crippen molar-refractivity contribution in [2.75, 3.05) is 26.7 Å². The molecule has 1 atom stereocenters. The average molecular weight is 285 g/mol. The van der Waals surface area contributed by atoms with Gasteiger partial charge in [0.15, 0.2) is 0 Å². The monoisotopic (exact) mass is 285 g/mol. The summed E-state index contributed by atoms with van der Waals surface area (Å²) in [6, 6.07) is 5.74. The van der Waals surface area contributed by atoms with E-state index in [9.17, 15) is 4.79 Å². The zero-order valence-electron chi connectivity index (χ0n) is 12.2. The van der Waals surface area contributed by atoms with E-state index in [1.807, 2.05) is 22.8 Å². The molecule has 3 aliphatic heterocycles. The first-order chi connectivity index (χ1) is 10.3. The average Bonchev–Trinajstić information content (AvgIpc) is 2.56. The second-order valence-electron chi connectivity index (χ2n) is 6.05. The Morgan fingerprint density at radius 3 is 2.76 bits per heavy atom. The molecule has 3 fully saturated rings. The fourth-order valence-corrected chi connectivity index (χ4v) is 3.73. The Labute approximate surface area is 123 Å². The van der Waals surface area contributed by atoms with Crippen molar-refractivity contribution in [2.45, 2.75) is 18.9 Å². The van der Waals surface area contributed by atoms with Gasteiger partial charge in [-0.1, -0.05) is 0 Å². The molecule has 1 aromatic carbocycles. The third-order valence-corrected chi connectivity index (χ3v) is 4.97. The van der Waals surface area contributed by atoms with Gasteiger partial charge in [0.05, 0.1) is 30.4 Å². The van der Waals surface area contributed by atoms with Crippen LogP contribution in [0, 0.1) is 5.92 Å². The van der Waals surface area contributed by atoms with E-state index in [-0.39, 0.29) is 11.6 Å². The topological polar surface area (TPSA) is 47.4 Å². The zero-order valence-corrected chi connectivity index (χ0v) is 12.2. The number of benzene rings is 1. The molecule has 0 saturated carbocycles. The van der Waals surface area contributed by atoms with Gasteiger partial charge < -0.3 is 9.64 Å². The first-order valence-corrected chi connectivity index (χ1v) is 7.53. The fourth-order valence-electron chi connectivity index (χ4n) is 3.73. The molecular weight excluding hydrogens is 266 g/mol. The molecule has 5 heteroatoms. The molecule has 110 valence electrons. The molecule has 1 aromatic heterocycles. The third-order valence-electron chi connectivity index (χ3n) is 4.97. The van der Waals surface area contributed by atoms with Gasteiger partial charge in [-0.05, 0) is 44.0 Å². The molecule has 21 heavy (non-hydrogen) atoms. The van der Waals surface area contributed by atoms with Crippen molar-refractivity contribution in [2.24, 2.45) is 5.92 Å². The molecule has 5 rings (SSSR count). The molecule has 2 aromatic rings. The lowest BCUT2D eigenvalue weighted by molar-refractivity contribution is 0.0552. The summed E-state index contributed by atoms with van der Waals surface area (Å²) in [4.78, 5) is 19.7. The van der Waals surface area contributed by atoms with Gasteiger partial charge in [0.25, 0.3) is 5.56 Å². The van der Waals surface area contributed by atoms with Crippen molar-refractivity contribution >= 4 is 10.9 Å². The van der Waals surface area contributed by atoms with Crippen LogP contribution in [-0.4, -0.2) is 41.2 Å². The van der Waals surface area contributed by atoms with E-state index in [0.29, 0.717) is 16.8 Å². The van der Waals surface area contributed by atoms with E-state index < -0.39 is 0 Å². The highest BCUT2D eigenvalue weighted by Gasteiger charge is 2.35. The third kappa shape index (κ3) is 2.03. The van der Waals surface area contributed by atoms with E-state index in [4.69, 9.17) is 4.74 Å². The predicted octanol–water partition coefficient (Wildman–Crippen LogP) is 1.67. The first-order valence-electron chi connectivity index (χ1n) is 7.53. The summed E-state index contributed by atoms with van der Waals surface area (Å²) in [5, 5.41) is 0.676. The summed E-state index contributed by atoms with van der Waals surface area (Å²) < 4.78 is 7.05. The lowest BCUT2D eigenvalue weighted by atomic mass is 9.84. The summed E-state index contributed by atoms with van der Waals surface area (Å²) in [5.41, 5.74) is 0.776. The number of aromatic nitrogens is 2. The Bertz CT molecular complexity index is 732. The van der Waals surface area contributed by atoms with Crippen molar-refractivity contribution in [3.63, 3.8) is 0 Å². The molecule has 4 heterocycles. The molecule has 0 N–H and O–H groups in total. The number of hydrogen-bond donors (Lipinski definition) is 0. The van der Waals surface area contributed by atoms with Crippen LogP contribution in [0.15, 0.2) is 29.3 Å². The van der Waals surface area contributed by atoms with E-state index in [1.165, 1.54) is 25.9 Å². The standard InChI is InChI=1S/C16H19N3O2/c1-21-12-2-3-13-14(8-12)17-10-19(16(13)20)15-9-18-6-4-11(15)5-7-18/h2-3,8,10-11,15H,4-7,9H2,1H3. The first kappa shape index (κ1) is 12.8. The Morgan fingerprint density at radius 2 is 2.10 bits per heavy atom. The molecule has 0 amide bonds. The molecule has 0 aliphatic carbocycles. The van der Waals surface area contributed by atoms with Crippen LogP contribution in [-0.2, 0) is 0 Å². The smallest absolute Gasteiger partial charge is 0.261 e. The maximum absolute atomic E-state index is 12.8. The van der Waals surface area contributed by atoms with E-state index in [2.05, 4.69) is 9.88 Å². The normalized spacial score (nSPS) is 28.0. The van der Waals surface area contributed by atoms with Crippen LogP contribution < -0.4 is 10.3 Å². The minimum absolute atomic E-state index is 0.0707. The lowest BCUT2D eigenvalue weighted by Gasteiger charge is -2.45. The Kier molecular flexibility index (Phi) is 2.96. The van der Waals surface area contributed by atoms with Crippen LogP contribution in [0.5, 0.6) is 5.75 Å². The molecule has 3 aliphatic rings. The Hall–Kier alpha value is -1.88. The molecular formula is C16H19N3O2. The molecule has 0 spiro atoms. The van der Waals surface area contributed by atoms with Gasteiger partial charge in [-0.15, -0.1) is 0 Å². The van der Waals surface area contributed by atoms with E-state index in [0.717, 1.165) is 12.3 Å². The minimum atomic E-state index is 0.0707. The van der Waals surface area contributed by atoms with Gasteiger partial charge in [0.2, 0.25) is 0 Å². The van der Waals surface area contributed by atoms with E-state index in [1.54, 1.807) is 13.4 Å². The van der Waals surface area contributed by atoms with Crippen molar-refractivity contribution in [3.8, 4) is 5.75 Å². The number of fused-ring (bicyclic) bond motifs is 4. The summed E-state index contributed by atoms with van der Waals surface area (Å²) in [6.07, 6.45) is 4.10. The Balaban J connectivity index is 1.80. The number of piperidine rings is 3. The van der Waals surface area contributed by atoms with Gasteiger partial charge in [-0.2, -0.15) is 0 Å². The van der Waals surface area contributed by atoms with Crippen LogP contribution in [0.3, 0.4) is 0 Å². The van der Waals surface area contributed by atoms with Crippen molar-refractivity contribution in [1.82, 2.24) is 14.5 Å². The van der Waals surface area contributed by atoms with Crippen molar-refractivity contribution in [3.05, 3.63) is 34.9 Å². The van der Waals surface area contributed by atoms with Gasteiger partial charge in [0, 0.05) is 12.6 Å². The number of nitrogens with zero attached hydrogens (tertiary/aromatic N) is 3. The highest BCUT2D eigenvalue weighted by atomic mass is 16.5. The second-order valence-corrected chi connectivity index (χ2v) is 6.05. The number of ether oxygens (including phenoxy) is 1. The number of methoxy groups -OCH3 is 1. The summed E-state index contributed by atoms with van der Waals surface area (Å²) >= 11 is 0. The van der Waals surface area contributed by atoms with Crippen LogP contribution in [0.4, 0.5) is 0 Å². The summed E-state index contributed by atoms with van der Waals surface area (Å²) in [7, 11) is 1.62. The number of rotatable bonds is 2. The fraction of sp³-hybridized carbons (Fsp3) is 0.500. The number of hydrogen-bond acceptors (Lipinski definition) is 4. The van der Waals surface area contributed by atoms with E-state index >= 15 is 0 Å². The molecule has 5 nitrogen and oxygen atoms in total. The SMILES string of the molecule is COc1ccc2c(=O)n(C3CN4CCC3CC4)cnc2c1. The van der Waals surface area contributed by atoms with Crippen LogP contribution >= 0.6 is 0 Å². The van der Waals surface area contributed by atoms with Crippen LogP contribution in [0.1, 0.15) is 18.9 Å². The Morgan fingerprint density at radius 1 is 1.29 bits per heavy atom. The quantitative estimate of drug-likeness (QED) is 0.842. The summed E-state index contributed by atoms with van der Waals surface area (Å²) in [6.45, 7) is 3.33. The zero-order chi connectivity index (χ0) is 14.4. The molecule has 1 unspecified atom stereocenters. The van der Waals surface area contributed by atoms with Crippen LogP contribution in [0.2, 0.25) is 0 Å². The highest BCUT2D eigenvalue weighted by Crippen LogP contribution is 2.34. The summed E-state index contributed by atoms with van der Waals surface area (Å²) in [5.74, 6) is 1.35. The molecule has 2 bridgehead atoms. The highest BCUT2D eigenvalue weighted by molar-refractivity contribution is 5.78. The minimum Gasteiger partial charge on any atom is -0.497 e. The van der Waals surface area contributed by atoms with Gasteiger partial charge in [0.1, 0.15) is 5.75 Å². The van der Waals surface area contributed by atoms with Crippen molar-refractivity contribution < 1.29 is 4.74 Å². The molecule has 3 saturated heterocycles. The van der Waals surface area contributed by atoms with Gasteiger partial charge in [-0.25, -0.2) is 4.98 Å². The maximum Gasteiger partial charge on any atom is 0.261 e. The second kappa shape index (κ2) is 4.84. The maximum atomic E-state index is 12.8. The predicted molar refractivity (Wildman–Crippen MR) is 80.8 cm³/mol. The largest absolute Gasteiger partial charge is 0.497 e. The molecule has 0 radical (unpaired) electrons. The van der Waals surface area contributed by atoms with Gasteiger partial charge >= 0.3 is 0 Å². The van der Waals surface area contributed by atoms with Gasteiger partial charge in [-0.3, -0.25) is 9.36 Å². The van der Waals surface area contributed by atoms with Crippen LogP contribution in [0.25, 0.3) is 10.9 Å².